The number of hydrogen-bond donors (Lipinski definition) is 1. The molecule has 0 aliphatic heterocycles. The number of ether oxygens (including phenoxy) is 2. The third-order valence-electron chi connectivity index (χ3n) is 3.52. The number of halogens is 1. The van der Waals surface area contributed by atoms with E-state index in [0.717, 1.165) is 12.0 Å². The van der Waals surface area contributed by atoms with E-state index < -0.39 is 0 Å². The average molecular weight is 399 g/mol. The van der Waals surface area contributed by atoms with Crippen LogP contribution in [-0.4, -0.2) is 60.4 Å². The first-order chi connectivity index (χ1) is 12.7. The second-order valence-corrected chi connectivity index (χ2v) is 6.77. The Labute approximate surface area is 162 Å². The minimum Gasteiger partial charge on any atom is -0.385 e. The second kappa shape index (κ2) is 11.2. The molecule has 1 heterocycles. The molecule has 9 heteroatoms. The van der Waals surface area contributed by atoms with Crippen LogP contribution >= 0.6 is 23.4 Å². The van der Waals surface area contributed by atoms with Crippen molar-refractivity contribution in [1.82, 2.24) is 20.1 Å². The molecule has 0 saturated carbocycles. The highest BCUT2D eigenvalue weighted by Crippen LogP contribution is 2.29. The van der Waals surface area contributed by atoms with Gasteiger partial charge in [-0.15, -0.1) is 10.2 Å². The number of nitrogens with zero attached hydrogens (tertiary/aromatic N) is 3. The molecule has 2 rings (SSSR count). The molecule has 1 aromatic carbocycles. The van der Waals surface area contributed by atoms with Gasteiger partial charge in [-0.3, -0.25) is 4.79 Å². The van der Waals surface area contributed by atoms with E-state index in [-0.39, 0.29) is 11.7 Å². The van der Waals surface area contributed by atoms with E-state index in [1.165, 1.54) is 11.8 Å². The van der Waals surface area contributed by atoms with Crippen LogP contribution in [0.15, 0.2) is 29.4 Å². The van der Waals surface area contributed by atoms with Crippen molar-refractivity contribution in [2.24, 2.45) is 0 Å². The summed E-state index contributed by atoms with van der Waals surface area (Å²) in [7, 11) is 3.26. The fraction of sp³-hybridized carbons (Fsp3) is 0.471. The number of carbonyl (C=O) groups is 1. The topological polar surface area (TPSA) is 78.3 Å². The Balaban J connectivity index is 2.12. The maximum Gasteiger partial charge on any atom is 0.230 e. The Morgan fingerprint density at radius 1 is 1.23 bits per heavy atom. The first kappa shape index (κ1) is 20.7. The first-order valence-electron chi connectivity index (χ1n) is 8.22. The van der Waals surface area contributed by atoms with Gasteiger partial charge in [-0.1, -0.05) is 35.5 Å². The van der Waals surface area contributed by atoms with E-state index in [1.807, 2.05) is 28.8 Å². The summed E-state index contributed by atoms with van der Waals surface area (Å²) < 4.78 is 12.0. The lowest BCUT2D eigenvalue weighted by atomic mass is 10.2. The summed E-state index contributed by atoms with van der Waals surface area (Å²) in [5.74, 6) is 0.876. The molecule has 1 N–H and O–H groups in total. The number of rotatable bonds is 11. The molecule has 26 heavy (non-hydrogen) atoms. The van der Waals surface area contributed by atoms with Gasteiger partial charge in [0.1, 0.15) is 0 Å². The number of aromatic nitrogens is 3. The molecule has 0 bridgehead atoms. The molecule has 0 radical (unpaired) electrons. The quantitative estimate of drug-likeness (QED) is 0.463. The van der Waals surface area contributed by atoms with Gasteiger partial charge in [0.2, 0.25) is 5.91 Å². The summed E-state index contributed by atoms with van der Waals surface area (Å²) in [5, 5.41) is 12.6. The van der Waals surface area contributed by atoms with Crippen LogP contribution in [0.1, 0.15) is 6.42 Å². The van der Waals surface area contributed by atoms with Crippen molar-refractivity contribution in [3.8, 4) is 11.4 Å². The molecule has 0 atom stereocenters. The zero-order valence-corrected chi connectivity index (χ0v) is 16.5. The van der Waals surface area contributed by atoms with Gasteiger partial charge in [0.15, 0.2) is 11.0 Å². The minimum absolute atomic E-state index is 0.0715. The van der Waals surface area contributed by atoms with Crippen LogP contribution in [0.25, 0.3) is 11.4 Å². The number of hydrogen-bond acceptors (Lipinski definition) is 6. The highest BCUT2D eigenvalue weighted by Gasteiger charge is 2.17. The van der Waals surface area contributed by atoms with Gasteiger partial charge < -0.3 is 19.4 Å². The zero-order valence-electron chi connectivity index (χ0n) is 14.9. The Bertz CT molecular complexity index is 711. The van der Waals surface area contributed by atoms with Crippen molar-refractivity contribution in [2.75, 3.05) is 39.7 Å². The smallest absolute Gasteiger partial charge is 0.230 e. The van der Waals surface area contributed by atoms with Crippen LogP contribution in [0, 0.1) is 0 Å². The van der Waals surface area contributed by atoms with Crippen molar-refractivity contribution in [1.29, 1.82) is 0 Å². The summed E-state index contributed by atoms with van der Waals surface area (Å²) in [6.45, 7) is 2.28. The molecule has 0 spiro atoms. The van der Waals surface area contributed by atoms with E-state index in [0.29, 0.717) is 42.3 Å². The maximum atomic E-state index is 11.9. The van der Waals surface area contributed by atoms with Gasteiger partial charge in [0.25, 0.3) is 0 Å². The Morgan fingerprint density at radius 2 is 2.00 bits per heavy atom. The van der Waals surface area contributed by atoms with Crippen molar-refractivity contribution in [3.63, 3.8) is 0 Å². The lowest BCUT2D eigenvalue weighted by Gasteiger charge is -2.11. The van der Waals surface area contributed by atoms with Crippen LogP contribution in [0.3, 0.4) is 0 Å². The molecule has 7 nitrogen and oxygen atoms in total. The van der Waals surface area contributed by atoms with Gasteiger partial charge in [-0.05, 0) is 18.6 Å². The number of benzene rings is 1. The molecule has 1 amide bonds. The fourth-order valence-corrected chi connectivity index (χ4v) is 3.29. The van der Waals surface area contributed by atoms with Crippen LogP contribution in [0.4, 0.5) is 0 Å². The van der Waals surface area contributed by atoms with E-state index >= 15 is 0 Å². The molecule has 1 aromatic heterocycles. The summed E-state index contributed by atoms with van der Waals surface area (Å²) in [4.78, 5) is 11.9. The van der Waals surface area contributed by atoms with E-state index in [1.54, 1.807) is 14.2 Å². The summed E-state index contributed by atoms with van der Waals surface area (Å²) in [5.41, 5.74) is 0.815. The minimum atomic E-state index is -0.0715. The number of nitrogens with one attached hydrogen (secondary N) is 1. The zero-order chi connectivity index (χ0) is 18.8. The number of carbonyl (C=O) groups excluding carboxylic acids is 1. The van der Waals surface area contributed by atoms with Gasteiger partial charge in [-0.25, -0.2) is 0 Å². The van der Waals surface area contributed by atoms with Crippen molar-refractivity contribution < 1.29 is 14.3 Å². The fourth-order valence-electron chi connectivity index (χ4n) is 2.28. The number of methoxy groups -OCH3 is 2. The monoisotopic (exact) mass is 398 g/mol. The molecule has 0 unspecified atom stereocenters. The molecule has 0 saturated heterocycles. The van der Waals surface area contributed by atoms with Gasteiger partial charge >= 0.3 is 0 Å². The van der Waals surface area contributed by atoms with Gasteiger partial charge in [-0.2, -0.15) is 0 Å². The lowest BCUT2D eigenvalue weighted by molar-refractivity contribution is -0.118. The summed E-state index contributed by atoms with van der Waals surface area (Å²) >= 11 is 7.66. The van der Waals surface area contributed by atoms with Crippen molar-refractivity contribution in [2.45, 2.75) is 18.1 Å². The molecule has 142 valence electrons. The SMILES string of the molecule is COCCCn1c(SCC(=O)NCCOC)nnc1-c1ccccc1Cl. The van der Waals surface area contributed by atoms with Gasteiger partial charge in [0, 0.05) is 39.5 Å². The largest absolute Gasteiger partial charge is 0.385 e. The highest BCUT2D eigenvalue weighted by molar-refractivity contribution is 7.99. The standard InChI is InChI=1S/C17H23ClN4O3S/c1-24-10-5-9-22-16(13-6-3-4-7-14(13)18)20-21-17(22)26-12-15(23)19-8-11-25-2/h3-4,6-7H,5,8-12H2,1-2H3,(H,19,23). The van der Waals surface area contributed by atoms with E-state index in [9.17, 15) is 4.79 Å². The maximum absolute atomic E-state index is 11.9. The normalized spacial score (nSPS) is 10.9. The third kappa shape index (κ3) is 5.98. The lowest BCUT2D eigenvalue weighted by Crippen LogP contribution is -2.28. The predicted molar refractivity (Wildman–Crippen MR) is 103 cm³/mol. The van der Waals surface area contributed by atoms with E-state index in [2.05, 4.69) is 15.5 Å². The van der Waals surface area contributed by atoms with Crippen LogP contribution in [0.5, 0.6) is 0 Å². The predicted octanol–water partition coefficient (Wildman–Crippen LogP) is 2.49. The Kier molecular flexibility index (Phi) is 8.90. The van der Waals surface area contributed by atoms with Crippen molar-refractivity contribution >= 4 is 29.3 Å². The third-order valence-corrected chi connectivity index (χ3v) is 4.82. The summed E-state index contributed by atoms with van der Waals surface area (Å²) in [6.07, 6.45) is 0.805. The molecule has 0 fully saturated rings. The second-order valence-electron chi connectivity index (χ2n) is 5.42. The highest BCUT2D eigenvalue weighted by atomic mass is 35.5. The Hall–Kier alpha value is -1.61. The number of amides is 1. The first-order valence-corrected chi connectivity index (χ1v) is 9.59. The van der Waals surface area contributed by atoms with Crippen LogP contribution in [-0.2, 0) is 20.8 Å². The van der Waals surface area contributed by atoms with E-state index in [4.69, 9.17) is 21.1 Å². The van der Waals surface area contributed by atoms with Crippen molar-refractivity contribution in [3.05, 3.63) is 29.3 Å². The molecule has 2 aromatic rings. The van der Waals surface area contributed by atoms with Crippen LogP contribution in [0.2, 0.25) is 5.02 Å². The van der Waals surface area contributed by atoms with Crippen LogP contribution < -0.4 is 5.32 Å². The summed E-state index contributed by atoms with van der Waals surface area (Å²) in [6, 6.07) is 7.51. The Morgan fingerprint density at radius 3 is 2.73 bits per heavy atom. The number of thioether (sulfide) groups is 1. The van der Waals surface area contributed by atoms with Gasteiger partial charge in [0.05, 0.1) is 17.4 Å². The average Bonchev–Trinajstić information content (AvgIpc) is 3.03. The molecule has 0 aliphatic carbocycles. The molecular weight excluding hydrogens is 376 g/mol. The molecule has 0 aliphatic rings. The molecular formula is C17H23ClN4O3S.